The minimum atomic E-state index is -0.512. The van der Waals surface area contributed by atoms with Crippen LogP contribution in [0.2, 0.25) is 5.02 Å². The molecule has 1 N–H and O–H groups in total. The predicted molar refractivity (Wildman–Crippen MR) is 79.9 cm³/mol. The highest BCUT2D eigenvalue weighted by atomic mass is 35.5. The highest BCUT2D eigenvalue weighted by molar-refractivity contribution is 6.33. The number of benzene rings is 1. The summed E-state index contributed by atoms with van der Waals surface area (Å²) in [4.78, 5) is 0. The van der Waals surface area contributed by atoms with Crippen molar-refractivity contribution in [2.75, 3.05) is 27.4 Å². The Kier molecular flexibility index (Phi) is 5.68. The summed E-state index contributed by atoms with van der Waals surface area (Å²) in [5, 5.41) is 13.0. The number of hydrogen-bond donors (Lipinski definition) is 1. The van der Waals surface area contributed by atoms with E-state index in [2.05, 4.69) is 11.4 Å². The molecule has 2 atom stereocenters. The molecule has 0 spiro atoms. The van der Waals surface area contributed by atoms with Gasteiger partial charge in [-0.05, 0) is 18.9 Å². The van der Waals surface area contributed by atoms with Gasteiger partial charge in [-0.2, -0.15) is 5.26 Å². The van der Waals surface area contributed by atoms with Crippen molar-refractivity contribution in [3.8, 4) is 17.6 Å². The van der Waals surface area contributed by atoms with E-state index < -0.39 is 6.04 Å². The number of halogens is 1. The van der Waals surface area contributed by atoms with Crippen LogP contribution in [0.5, 0.6) is 11.5 Å². The predicted octanol–water partition coefficient (Wildman–Crippen LogP) is 2.69. The van der Waals surface area contributed by atoms with Crippen molar-refractivity contribution in [1.82, 2.24) is 5.32 Å². The average Bonchev–Trinajstić information content (AvgIpc) is 3.02. The number of methoxy groups -OCH3 is 2. The van der Waals surface area contributed by atoms with E-state index in [9.17, 15) is 5.26 Å². The van der Waals surface area contributed by atoms with Crippen LogP contribution in [0.4, 0.5) is 0 Å². The van der Waals surface area contributed by atoms with Gasteiger partial charge in [0, 0.05) is 18.7 Å². The van der Waals surface area contributed by atoms with E-state index in [0.717, 1.165) is 19.4 Å². The molecule has 0 amide bonds. The van der Waals surface area contributed by atoms with E-state index in [1.807, 2.05) is 0 Å². The normalized spacial score (nSPS) is 19.0. The molecule has 0 saturated carbocycles. The zero-order valence-electron chi connectivity index (χ0n) is 12.2. The summed E-state index contributed by atoms with van der Waals surface area (Å²) in [6, 6.07) is 5.24. The molecule has 1 fully saturated rings. The maximum Gasteiger partial charge on any atom is 0.179 e. The quantitative estimate of drug-likeness (QED) is 0.875. The summed E-state index contributed by atoms with van der Waals surface area (Å²) in [7, 11) is 3.07. The SMILES string of the molecule is COc1ccc(C(C#N)NCC2CCCO2)c(Cl)c1OC. The van der Waals surface area contributed by atoms with Crippen molar-refractivity contribution in [3.63, 3.8) is 0 Å². The molecular weight excluding hydrogens is 292 g/mol. The fourth-order valence-electron chi connectivity index (χ4n) is 2.41. The van der Waals surface area contributed by atoms with Crippen LogP contribution in [0.1, 0.15) is 24.4 Å². The molecule has 1 aromatic carbocycles. The van der Waals surface area contributed by atoms with Gasteiger partial charge in [0.15, 0.2) is 11.5 Å². The lowest BCUT2D eigenvalue weighted by Crippen LogP contribution is -2.29. The smallest absolute Gasteiger partial charge is 0.179 e. The van der Waals surface area contributed by atoms with Gasteiger partial charge in [-0.1, -0.05) is 17.7 Å². The Morgan fingerprint density at radius 2 is 2.29 bits per heavy atom. The summed E-state index contributed by atoms with van der Waals surface area (Å²) < 4.78 is 16.0. The number of nitrogens with zero attached hydrogens (tertiary/aromatic N) is 1. The number of rotatable bonds is 6. The second kappa shape index (κ2) is 7.51. The van der Waals surface area contributed by atoms with E-state index in [0.29, 0.717) is 28.6 Å². The maximum absolute atomic E-state index is 9.38. The van der Waals surface area contributed by atoms with Crippen LogP contribution in [0.15, 0.2) is 12.1 Å². The Morgan fingerprint density at radius 1 is 1.48 bits per heavy atom. The molecule has 1 heterocycles. The van der Waals surface area contributed by atoms with Gasteiger partial charge in [-0.15, -0.1) is 0 Å². The topological polar surface area (TPSA) is 63.5 Å². The Morgan fingerprint density at radius 3 is 2.86 bits per heavy atom. The van der Waals surface area contributed by atoms with Crippen LogP contribution in [-0.2, 0) is 4.74 Å². The molecule has 0 aromatic heterocycles. The summed E-state index contributed by atoms with van der Waals surface area (Å²) in [5.41, 5.74) is 0.676. The van der Waals surface area contributed by atoms with E-state index in [1.165, 1.54) is 7.11 Å². The summed E-state index contributed by atoms with van der Waals surface area (Å²) in [6.07, 6.45) is 2.26. The van der Waals surface area contributed by atoms with Crippen molar-refractivity contribution < 1.29 is 14.2 Å². The van der Waals surface area contributed by atoms with Crippen molar-refractivity contribution in [1.29, 1.82) is 5.26 Å². The van der Waals surface area contributed by atoms with Crippen LogP contribution >= 0.6 is 11.6 Å². The Bertz CT molecular complexity index is 524. The minimum Gasteiger partial charge on any atom is -0.493 e. The Hall–Kier alpha value is -1.48. The van der Waals surface area contributed by atoms with E-state index >= 15 is 0 Å². The molecule has 0 aliphatic carbocycles. The van der Waals surface area contributed by atoms with E-state index in [1.54, 1.807) is 19.2 Å². The van der Waals surface area contributed by atoms with Gasteiger partial charge >= 0.3 is 0 Å². The van der Waals surface area contributed by atoms with Gasteiger partial charge in [0.1, 0.15) is 6.04 Å². The molecule has 114 valence electrons. The van der Waals surface area contributed by atoms with Crippen LogP contribution in [-0.4, -0.2) is 33.5 Å². The van der Waals surface area contributed by atoms with Crippen molar-refractivity contribution in [3.05, 3.63) is 22.7 Å². The molecule has 0 bridgehead atoms. The molecular formula is C15H19ClN2O3. The maximum atomic E-state index is 9.38. The number of ether oxygens (including phenoxy) is 3. The second-order valence-electron chi connectivity index (χ2n) is 4.81. The zero-order chi connectivity index (χ0) is 15.2. The van der Waals surface area contributed by atoms with Gasteiger partial charge in [0.25, 0.3) is 0 Å². The van der Waals surface area contributed by atoms with Crippen LogP contribution < -0.4 is 14.8 Å². The van der Waals surface area contributed by atoms with Crippen LogP contribution in [0.25, 0.3) is 0 Å². The molecule has 0 radical (unpaired) electrons. The largest absolute Gasteiger partial charge is 0.493 e. The average molecular weight is 311 g/mol. The van der Waals surface area contributed by atoms with E-state index in [4.69, 9.17) is 25.8 Å². The highest BCUT2D eigenvalue weighted by Gasteiger charge is 2.22. The molecule has 1 aromatic rings. The van der Waals surface area contributed by atoms with Crippen molar-refractivity contribution in [2.45, 2.75) is 25.0 Å². The molecule has 5 nitrogen and oxygen atoms in total. The first-order chi connectivity index (χ1) is 10.2. The van der Waals surface area contributed by atoms with Gasteiger partial charge < -0.3 is 14.2 Å². The van der Waals surface area contributed by atoms with Gasteiger partial charge in [-0.25, -0.2) is 0 Å². The first kappa shape index (κ1) is 15.9. The Labute approximate surface area is 129 Å². The summed E-state index contributed by atoms with van der Waals surface area (Å²) >= 11 is 6.33. The molecule has 21 heavy (non-hydrogen) atoms. The Balaban J connectivity index is 2.15. The van der Waals surface area contributed by atoms with E-state index in [-0.39, 0.29) is 6.10 Å². The lowest BCUT2D eigenvalue weighted by atomic mass is 10.1. The molecule has 2 unspecified atom stereocenters. The lowest BCUT2D eigenvalue weighted by molar-refractivity contribution is 0.109. The number of nitriles is 1. The van der Waals surface area contributed by atoms with Gasteiger partial charge in [0.05, 0.1) is 31.4 Å². The first-order valence-electron chi connectivity index (χ1n) is 6.86. The number of nitrogens with one attached hydrogen (secondary N) is 1. The molecule has 2 rings (SSSR count). The van der Waals surface area contributed by atoms with Gasteiger partial charge in [-0.3, -0.25) is 5.32 Å². The molecule has 1 saturated heterocycles. The molecule has 6 heteroatoms. The highest BCUT2D eigenvalue weighted by Crippen LogP contribution is 2.39. The monoisotopic (exact) mass is 310 g/mol. The molecule has 1 aliphatic heterocycles. The number of hydrogen-bond acceptors (Lipinski definition) is 5. The van der Waals surface area contributed by atoms with Crippen molar-refractivity contribution >= 4 is 11.6 Å². The lowest BCUT2D eigenvalue weighted by Gasteiger charge is -2.18. The summed E-state index contributed by atoms with van der Waals surface area (Å²) in [5.74, 6) is 0.984. The van der Waals surface area contributed by atoms with Crippen LogP contribution in [0, 0.1) is 11.3 Å². The summed E-state index contributed by atoms with van der Waals surface area (Å²) in [6.45, 7) is 1.42. The second-order valence-corrected chi connectivity index (χ2v) is 5.19. The fraction of sp³-hybridized carbons (Fsp3) is 0.533. The van der Waals surface area contributed by atoms with Gasteiger partial charge in [0.2, 0.25) is 0 Å². The first-order valence-corrected chi connectivity index (χ1v) is 7.24. The molecule has 1 aliphatic rings. The van der Waals surface area contributed by atoms with Crippen LogP contribution in [0.3, 0.4) is 0 Å². The zero-order valence-corrected chi connectivity index (χ0v) is 12.9. The fourth-order valence-corrected chi connectivity index (χ4v) is 2.75. The van der Waals surface area contributed by atoms with Crippen molar-refractivity contribution in [2.24, 2.45) is 0 Å². The third kappa shape index (κ3) is 3.59. The third-order valence-electron chi connectivity index (χ3n) is 3.53. The third-order valence-corrected chi connectivity index (χ3v) is 3.92. The minimum absolute atomic E-state index is 0.166. The standard InChI is InChI=1S/C15H19ClN2O3/c1-19-13-6-5-11(14(16)15(13)20-2)12(8-17)18-9-10-4-3-7-21-10/h5-6,10,12,18H,3-4,7,9H2,1-2H3.